The monoisotopic (exact) mass is 237 g/mol. The second-order valence-electron chi connectivity index (χ2n) is 3.71. The molecule has 0 saturated carbocycles. The Morgan fingerprint density at radius 3 is 2.88 bits per heavy atom. The van der Waals surface area contributed by atoms with E-state index in [1.165, 1.54) is 4.88 Å². The third-order valence-electron chi connectivity index (χ3n) is 2.42. The van der Waals surface area contributed by atoms with Crippen LogP contribution in [0.5, 0.6) is 0 Å². The molecule has 0 N–H and O–H groups in total. The summed E-state index contributed by atoms with van der Waals surface area (Å²) < 4.78 is 4.81. The lowest BCUT2D eigenvalue weighted by atomic mass is 10.3. The maximum absolute atomic E-state index is 4.81. The van der Waals surface area contributed by atoms with Crippen LogP contribution in [0.3, 0.4) is 0 Å². The van der Waals surface area contributed by atoms with E-state index in [0.717, 1.165) is 29.5 Å². The van der Waals surface area contributed by atoms with Gasteiger partial charge in [-0.2, -0.15) is 0 Å². The van der Waals surface area contributed by atoms with Crippen LogP contribution < -0.4 is 4.90 Å². The van der Waals surface area contributed by atoms with Crippen molar-refractivity contribution in [3.63, 3.8) is 0 Å². The molecule has 0 aliphatic carbocycles. The second-order valence-corrected chi connectivity index (χ2v) is 4.77. The Balaban J connectivity index is 2.11. The van der Waals surface area contributed by atoms with Gasteiger partial charge in [0.05, 0.1) is 12.2 Å². The molecule has 86 valence electrons. The molecule has 0 fully saturated rings. The van der Waals surface area contributed by atoms with Crippen molar-refractivity contribution in [1.29, 1.82) is 0 Å². The van der Waals surface area contributed by atoms with E-state index in [-0.39, 0.29) is 0 Å². The molecule has 2 rings (SSSR count). The number of aromatic nitrogens is 2. The van der Waals surface area contributed by atoms with Gasteiger partial charge in [-0.3, -0.25) is 0 Å². The molecular formula is C11H15N3OS. The summed E-state index contributed by atoms with van der Waals surface area (Å²) in [7, 11) is 2.02. The molecule has 4 nitrogen and oxygen atoms in total. The van der Waals surface area contributed by atoms with E-state index >= 15 is 0 Å². The van der Waals surface area contributed by atoms with E-state index in [4.69, 9.17) is 4.52 Å². The Bertz CT molecular complexity index is 450. The van der Waals surface area contributed by atoms with Gasteiger partial charge >= 0.3 is 0 Å². The van der Waals surface area contributed by atoms with Crippen molar-refractivity contribution in [1.82, 2.24) is 10.1 Å². The fourth-order valence-electron chi connectivity index (χ4n) is 1.53. The molecule has 0 amide bonds. The first-order valence-corrected chi connectivity index (χ1v) is 6.09. The lowest BCUT2D eigenvalue weighted by molar-refractivity contribution is 0.411. The second kappa shape index (κ2) is 4.65. The predicted molar refractivity (Wildman–Crippen MR) is 64.8 cm³/mol. The van der Waals surface area contributed by atoms with Gasteiger partial charge in [-0.15, -0.1) is 11.3 Å². The van der Waals surface area contributed by atoms with E-state index in [1.807, 2.05) is 13.1 Å². The SMILES string of the molecule is CCc1sc(N(C)Cc2ccon2)nc1C. The Morgan fingerprint density at radius 2 is 2.31 bits per heavy atom. The molecule has 5 heteroatoms. The van der Waals surface area contributed by atoms with E-state index in [9.17, 15) is 0 Å². The van der Waals surface area contributed by atoms with Crippen LogP contribution in [-0.4, -0.2) is 17.2 Å². The lowest BCUT2D eigenvalue weighted by Gasteiger charge is -2.12. The Hall–Kier alpha value is -1.36. The summed E-state index contributed by atoms with van der Waals surface area (Å²) in [5, 5.41) is 4.93. The van der Waals surface area contributed by atoms with Crippen LogP contribution in [-0.2, 0) is 13.0 Å². The summed E-state index contributed by atoms with van der Waals surface area (Å²) in [5.41, 5.74) is 2.06. The number of hydrogen-bond acceptors (Lipinski definition) is 5. The minimum absolute atomic E-state index is 0.729. The summed E-state index contributed by atoms with van der Waals surface area (Å²) in [5.74, 6) is 0. The summed E-state index contributed by atoms with van der Waals surface area (Å²) in [4.78, 5) is 7.99. The maximum Gasteiger partial charge on any atom is 0.185 e. The van der Waals surface area contributed by atoms with Crippen molar-refractivity contribution in [2.75, 3.05) is 11.9 Å². The van der Waals surface area contributed by atoms with Gasteiger partial charge in [0.15, 0.2) is 5.13 Å². The molecular weight excluding hydrogens is 222 g/mol. The summed E-state index contributed by atoms with van der Waals surface area (Å²) in [6.07, 6.45) is 2.63. The van der Waals surface area contributed by atoms with Crippen LogP contribution in [0.2, 0.25) is 0 Å². The largest absolute Gasteiger partial charge is 0.364 e. The van der Waals surface area contributed by atoms with Crippen LogP contribution in [0, 0.1) is 6.92 Å². The van der Waals surface area contributed by atoms with Gasteiger partial charge in [-0.25, -0.2) is 4.98 Å². The molecule has 0 unspecified atom stereocenters. The third-order valence-corrected chi connectivity index (χ3v) is 3.84. The van der Waals surface area contributed by atoms with Gasteiger partial charge in [-0.05, 0) is 13.3 Å². The average molecular weight is 237 g/mol. The summed E-state index contributed by atoms with van der Waals surface area (Å²) in [6, 6.07) is 1.87. The molecule has 2 heterocycles. The van der Waals surface area contributed by atoms with Crippen molar-refractivity contribution in [2.45, 2.75) is 26.8 Å². The smallest absolute Gasteiger partial charge is 0.185 e. The minimum Gasteiger partial charge on any atom is -0.364 e. The molecule has 0 aliphatic rings. The Morgan fingerprint density at radius 1 is 1.50 bits per heavy atom. The van der Waals surface area contributed by atoms with Crippen molar-refractivity contribution in [2.24, 2.45) is 0 Å². The number of anilines is 1. The van der Waals surface area contributed by atoms with Gasteiger partial charge in [0.1, 0.15) is 12.0 Å². The highest BCUT2D eigenvalue weighted by atomic mass is 32.1. The fourth-order valence-corrected chi connectivity index (χ4v) is 2.49. The normalized spacial score (nSPS) is 10.7. The molecule has 2 aromatic rings. The van der Waals surface area contributed by atoms with Crippen LogP contribution in [0.25, 0.3) is 0 Å². The van der Waals surface area contributed by atoms with Gasteiger partial charge in [0, 0.05) is 18.0 Å². The molecule has 2 aromatic heterocycles. The number of hydrogen-bond donors (Lipinski definition) is 0. The molecule has 0 radical (unpaired) electrons. The standard InChI is InChI=1S/C11H15N3OS/c1-4-10-8(2)12-11(16-10)14(3)7-9-5-6-15-13-9/h5-6H,4,7H2,1-3H3. The quantitative estimate of drug-likeness (QED) is 0.819. The predicted octanol–water partition coefficient (Wildman–Crippen LogP) is 2.64. The van der Waals surface area contributed by atoms with Gasteiger partial charge < -0.3 is 9.42 Å². The fraction of sp³-hybridized carbons (Fsp3) is 0.455. The molecule has 0 bridgehead atoms. The van der Waals surface area contributed by atoms with E-state index in [1.54, 1.807) is 17.6 Å². The zero-order valence-electron chi connectivity index (χ0n) is 9.73. The highest BCUT2D eigenvalue weighted by Gasteiger charge is 2.11. The zero-order valence-corrected chi connectivity index (χ0v) is 10.5. The first-order valence-electron chi connectivity index (χ1n) is 5.27. The third kappa shape index (κ3) is 2.24. The van der Waals surface area contributed by atoms with Crippen molar-refractivity contribution < 1.29 is 4.52 Å². The molecule has 0 saturated heterocycles. The molecule has 16 heavy (non-hydrogen) atoms. The maximum atomic E-state index is 4.81. The van der Waals surface area contributed by atoms with Gasteiger partial charge in [0.2, 0.25) is 0 Å². The Kier molecular flexibility index (Phi) is 3.24. The topological polar surface area (TPSA) is 42.2 Å². The highest BCUT2D eigenvalue weighted by Crippen LogP contribution is 2.26. The summed E-state index contributed by atoms with van der Waals surface area (Å²) in [6.45, 7) is 4.94. The average Bonchev–Trinajstić information content (AvgIpc) is 2.87. The first-order chi connectivity index (χ1) is 7.70. The van der Waals surface area contributed by atoms with Crippen LogP contribution in [0.1, 0.15) is 23.2 Å². The number of nitrogens with zero attached hydrogens (tertiary/aromatic N) is 3. The molecule has 0 aliphatic heterocycles. The van der Waals surface area contributed by atoms with Gasteiger partial charge in [-0.1, -0.05) is 12.1 Å². The number of aryl methyl sites for hydroxylation is 2. The van der Waals surface area contributed by atoms with Gasteiger partial charge in [0.25, 0.3) is 0 Å². The first kappa shape index (κ1) is 11.1. The highest BCUT2D eigenvalue weighted by molar-refractivity contribution is 7.15. The van der Waals surface area contributed by atoms with Crippen molar-refractivity contribution >= 4 is 16.5 Å². The van der Waals surface area contributed by atoms with Crippen LogP contribution >= 0.6 is 11.3 Å². The number of rotatable bonds is 4. The Labute approximate surface area is 98.9 Å². The van der Waals surface area contributed by atoms with Crippen LogP contribution in [0.15, 0.2) is 16.9 Å². The molecule has 0 spiro atoms. The van der Waals surface area contributed by atoms with Crippen LogP contribution in [0.4, 0.5) is 5.13 Å². The zero-order chi connectivity index (χ0) is 11.5. The number of thiazole rings is 1. The van der Waals surface area contributed by atoms with Crippen molar-refractivity contribution in [3.05, 3.63) is 28.6 Å². The van der Waals surface area contributed by atoms with E-state index in [0.29, 0.717) is 0 Å². The molecule has 0 atom stereocenters. The molecule has 0 aromatic carbocycles. The summed E-state index contributed by atoms with van der Waals surface area (Å²) >= 11 is 1.75. The van der Waals surface area contributed by atoms with E-state index < -0.39 is 0 Å². The minimum atomic E-state index is 0.729. The van der Waals surface area contributed by atoms with E-state index in [2.05, 4.69) is 28.9 Å². The van der Waals surface area contributed by atoms with Crippen molar-refractivity contribution in [3.8, 4) is 0 Å². The lowest BCUT2D eigenvalue weighted by Crippen LogP contribution is -2.16.